The van der Waals surface area contributed by atoms with Crippen molar-refractivity contribution < 1.29 is 24.3 Å². The number of H-pyrrole nitrogens is 2. The van der Waals surface area contributed by atoms with Crippen molar-refractivity contribution in [1.29, 1.82) is 0 Å². The number of carboxylic acid groups (broad SMARTS) is 1. The van der Waals surface area contributed by atoms with Gasteiger partial charge in [0.1, 0.15) is 18.1 Å². The average Bonchev–Trinajstić information content (AvgIpc) is 3.68. The van der Waals surface area contributed by atoms with E-state index in [1.165, 1.54) is 17.4 Å². The van der Waals surface area contributed by atoms with Crippen LogP contribution in [0.2, 0.25) is 0 Å². The van der Waals surface area contributed by atoms with Gasteiger partial charge in [-0.3, -0.25) is 14.4 Å². The molecule has 1 saturated heterocycles. The molecular weight excluding hydrogens is 510 g/mol. The van der Waals surface area contributed by atoms with Gasteiger partial charge in [-0.2, -0.15) is 12.6 Å². The molecule has 13 heteroatoms. The molecule has 4 unspecified atom stereocenters. The quantitative estimate of drug-likeness (QED) is 0.166. The van der Waals surface area contributed by atoms with Crippen molar-refractivity contribution >= 4 is 47.2 Å². The number of para-hydroxylation sites is 1. The van der Waals surface area contributed by atoms with Crippen molar-refractivity contribution in [3.8, 4) is 0 Å². The van der Waals surface area contributed by atoms with E-state index in [2.05, 4.69) is 38.2 Å². The van der Waals surface area contributed by atoms with Gasteiger partial charge in [-0.15, -0.1) is 0 Å². The third-order valence-electron chi connectivity index (χ3n) is 6.68. The zero-order valence-corrected chi connectivity index (χ0v) is 21.5. The number of benzene rings is 1. The lowest BCUT2D eigenvalue weighted by atomic mass is 10.0. The second kappa shape index (κ2) is 12.1. The Morgan fingerprint density at radius 3 is 2.66 bits per heavy atom. The molecule has 202 valence electrons. The van der Waals surface area contributed by atoms with Crippen LogP contribution in [-0.4, -0.2) is 85.1 Å². The molecular formula is C25H31N7O5S. The second-order valence-electron chi connectivity index (χ2n) is 9.28. The SMILES string of the molecule is NC(Cc1c[nH]c2ccccc12)C(=O)NC(CS)C(=O)N1CCCC1C(=O)NC(Cc1cnc[nH]1)C(=O)O. The molecule has 1 aliphatic heterocycles. The molecule has 0 saturated carbocycles. The highest BCUT2D eigenvalue weighted by molar-refractivity contribution is 7.80. The van der Waals surface area contributed by atoms with Crippen LogP contribution in [0.3, 0.4) is 0 Å². The Labute approximate surface area is 224 Å². The number of aromatic nitrogens is 3. The van der Waals surface area contributed by atoms with Gasteiger partial charge in [0.05, 0.1) is 12.4 Å². The largest absolute Gasteiger partial charge is 0.480 e. The third kappa shape index (κ3) is 6.17. The Morgan fingerprint density at radius 1 is 1.16 bits per heavy atom. The van der Waals surface area contributed by atoms with Gasteiger partial charge in [-0.05, 0) is 30.9 Å². The summed E-state index contributed by atoms with van der Waals surface area (Å²) in [6.45, 7) is 0.302. The lowest BCUT2D eigenvalue weighted by molar-refractivity contribution is -0.144. The lowest BCUT2D eigenvalue weighted by Gasteiger charge is -2.29. The van der Waals surface area contributed by atoms with E-state index in [9.17, 15) is 24.3 Å². The van der Waals surface area contributed by atoms with Crippen LogP contribution in [0.15, 0.2) is 43.0 Å². The maximum Gasteiger partial charge on any atom is 0.326 e. The summed E-state index contributed by atoms with van der Waals surface area (Å²) in [7, 11) is 0. The minimum atomic E-state index is -1.20. The summed E-state index contributed by atoms with van der Waals surface area (Å²) in [5.74, 6) is -2.73. The number of nitrogens with one attached hydrogen (secondary N) is 4. The smallest absolute Gasteiger partial charge is 0.326 e. The fourth-order valence-corrected chi connectivity index (χ4v) is 4.93. The van der Waals surface area contributed by atoms with Crippen LogP contribution >= 0.6 is 12.6 Å². The van der Waals surface area contributed by atoms with E-state index in [1.54, 1.807) is 0 Å². The van der Waals surface area contributed by atoms with Gasteiger partial charge in [-0.25, -0.2) is 9.78 Å². The number of nitrogens with zero attached hydrogens (tertiary/aromatic N) is 2. The number of nitrogens with two attached hydrogens (primary N) is 1. The highest BCUT2D eigenvalue weighted by atomic mass is 32.1. The van der Waals surface area contributed by atoms with Crippen LogP contribution in [0.25, 0.3) is 10.9 Å². The first-order valence-electron chi connectivity index (χ1n) is 12.3. The molecule has 7 N–H and O–H groups in total. The van der Waals surface area contributed by atoms with Crippen molar-refractivity contribution in [1.82, 2.24) is 30.5 Å². The van der Waals surface area contributed by atoms with Crippen LogP contribution < -0.4 is 16.4 Å². The first-order valence-corrected chi connectivity index (χ1v) is 12.9. The van der Waals surface area contributed by atoms with E-state index in [4.69, 9.17) is 5.73 Å². The number of amides is 3. The Morgan fingerprint density at radius 2 is 1.95 bits per heavy atom. The van der Waals surface area contributed by atoms with E-state index < -0.39 is 47.9 Å². The molecule has 38 heavy (non-hydrogen) atoms. The first kappa shape index (κ1) is 27.2. The molecule has 3 aromatic rings. The molecule has 0 spiro atoms. The van der Waals surface area contributed by atoms with Gasteiger partial charge in [0.2, 0.25) is 17.7 Å². The standard InChI is InChI=1S/C25H31N7O5S/c26-17(8-14-10-28-18-5-2-1-4-16(14)18)22(33)31-20(12-38)24(35)32-7-3-6-21(32)23(34)30-19(25(36)37)9-15-11-27-13-29-15/h1-2,4-5,10-11,13,17,19-21,28,38H,3,6-9,12,26H2,(H,27,29)(H,30,34)(H,31,33)(H,36,37). The second-order valence-corrected chi connectivity index (χ2v) is 9.65. The van der Waals surface area contributed by atoms with Crippen LogP contribution in [0.4, 0.5) is 0 Å². The fraction of sp³-hybridized carbons (Fsp3) is 0.400. The van der Waals surface area contributed by atoms with Gasteiger partial charge in [0.15, 0.2) is 0 Å². The minimum Gasteiger partial charge on any atom is -0.480 e. The van der Waals surface area contributed by atoms with E-state index >= 15 is 0 Å². The van der Waals surface area contributed by atoms with Gasteiger partial charge >= 0.3 is 5.97 Å². The lowest BCUT2D eigenvalue weighted by Crippen LogP contribution is -2.57. The monoisotopic (exact) mass is 541 g/mol. The predicted molar refractivity (Wildman–Crippen MR) is 142 cm³/mol. The summed E-state index contributed by atoms with van der Waals surface area (Å²) in [6, 6.07) is 3.74. The third-order valence-corrected chi connectivity index (χ3v) is 7.05. The van der Waals surface area contributed by atoms with E-state index in [0.29, 0.717) is 25.1 Å². The van der Waals surface area contributed by atoms with Crippen LogP contribution in [0.1, 0.15) is 24.1 Å². The van der Waals surface area contributed by atoms with E-state index in [0.717, 1.165) is 16.5 Å². The molecule has 1 aromatic carbocycles. The van der Waals surface area contributed by atoms with Crippen LogP contribution in [0.5, 0.6) is 0 Å². The Balaban J connectivity index is 1.37. The van der Waals surface area contributed by atoms with Crippen LogP contribution in [-0.2, 0) is 32.0 Å². The first-order chi connectivity index (χ1) is 18.3. The minimum absolute atomic E-state index is 0.00674. The van der Waals surface area contributed by atoms with Crippen molar-refractivity contribution in [2.24, 2.45) is 5.73 Å². The maximum absolute atomic E-state index is 13.3. The normalized spacial score (nSPS) is 17.6. The molecule has 0 bridgehead atoms. The van der Waals surface area contributed by atoms with Gasteiger partial charge < -0.3 is 36.3 Å². The number of carboxylic acids is 1. The summed E-state index contributed by atoms with van der Waals surface area (Å²) in [5, 5.41) is 15.7. The molecule has 0 aliphatic carbocycles. The number of fused-ring (bicyclic) bond motifs is 1. The maximum atomic E-state index is 13.3. The predicted octanol–water partition coefficient (Wildman–Crippen LogP) is -0.0215. The number of aliphatic carboxylic acids is 1. The number of carbonyl (C=O) groups excluding carboxylic acids is 3. The number of likely N-dealkylation sites (tertiary alicyclic amines) is 1. The summed E-state index contributed by atoms with van der Waals surface area (Å²) in [5.41, 5.74) is 8.54. The molecule has 3 heterocycles. The number of hydrogen-bond donors (Lipinski definition) is 7. The Hall–Kier alpha value is -3.84. The Bertz CT molecular complexity index is 1290. The molecule has 1 aliphatic rings. The Kier molecular flexibility index (Phi) is 8.69. The van der Waals surface area contributed by atoms with E-state index in [-0.39, 0.29) is 18.6 Å². The van der Waals surface area contributed by atoms with Gasteiger partial charge in [0, 0.05) is 47.7 Å². The molecule has 1 fully saturated rings. The van der Waals surface area contributed by atoms with Gasteiger partial charge in [-0.1, -0.05) is 18.2 Å². The molecule has 0 radical (unpaired) electrons. The van der Waals surface area contributed by atoms with E-state index in [1.807, 2.05) is 30.5 Å². The average molecular weight is 542 g/mol. The molecule has 4 rings (SSSR count). The highest BCUT2D eigenvalue weighted by Crippen LogP contribution is 2.21. The zero-order valence-electron chi connectivity index (χ0n) is 20.6. The number of aromatic amines is 2. The van der Waals surface area contributed by atoms with Crippen molar-refractivity contribution in [3.05, 3.63) is 54.2 Å². The number of carbonyl (C=O) groups is 4. The zero-order chi connectivity index (χ0) is 27.2. The molecule has 4 atom stereocenters. The van der Waals surface area contributed by atoms with Crippen LogP contribution in [0, 0.1) is 0 Å². The topological polar surface area (TPSA) is 186 Å². The summed E-state index contributed by atoms with van der Waals surface area (Å²) < 4.78 is 0. The number of thiol groups is 1. The molecule has 2 aromatic heterocycles. The number of hydrogen-bond acceptors (Lipinski definition) is 7. The fourth-order valence-electron chi connectivity index (χ4n) is 4.68. The van der Waals surface area contributed by atoms with Crippen molar-refractivity contribution in [2.45, 2.75) is 49.9 Å². The van der Waals surface area contributed by atoms with Crippen molar-refractivity contribution in [2.75, 3.05) is 12.3 Å². The van der Waals surface area contributed by atoms with Crippen molar-refractivity contribution in [3.63, 3.8) is 0 Å². The summed E-state index contributed by atoms with van der Waals surface area (Å²) >= 11 is 4.25. The number of imidazole rings is 1. The number of rotatable bonds is 11. The summed E-state index contributed by atoms with van der Waals surface area (Å²) in [4.78, 5) is 62.1. The highest BCUT2D eigenvalue weighted by Gasteiger charge is 2.39. The molecule has 12 nitrogen and oxygen atoms in total. The molecule has 3 amide bonds. The summed E-state index contributed by atoms with van der Waals surface area (Å²) in [6.07, 6.45) is 5.94. The van der Waals surface area contributed by atoms with Gasteiger partial charge in [0.25, 0.3) is 0 Å².